The molecule has 9 heteroatoms. The standard InChI is InChI=1S/C20H22Cl2F2N4O/c1-4-11-8-13-12(6-7-25-19(13)24)18(5-2)28(11)20(27-29-3)26-17-10-15(22)14(21)9-16(17)23/h6-7,9-11,18H,4-5,8H2,1-3H3,(H,26,27). The summed E-state index contributed by atoms with van der Waals surface area (Å²) < 4.78 is 28.8. The van der Waals surface area contributed by atoms with Crippen LogP contribution in [0.1, 0.15) is 43.9 Å². The van der Waals surface area contributed by atoms with Gasteiger partial charge in [0.2, 0.25) is 11.9 Å². The largest absolute Gasteiger partial charge is 0.331 e. The van der Waals surface area contributed by atoms with Crippen LogP contribution in [0.5, 0.6) is 0 Å². The molecule has 29 heavy (non-hydrogen) atoms. The van der Waals surface area contributed by atoms with Gasteiger partial charge in [-0.1, -0.05) is 37.0 Å². The summed E-state index contributed by atoms with van der Waals surface area (Å²) in [5.74, 6) is -0.748. The smallest absolute Gasteiger partial charge is 0.224 e. The molecule has 2 unspecified atom stereocenters. The number of nitrogens with one attached hydrogen (secondary N) is 1. The summed E-state index contributed by atoms with van der Waals surface area (Å²) in [6.07, 6.45) is 3.32. The Morgan fingerprint density at radius 3 is 2.66 bits per heavy atom. The lowest BCUT2D eigenvalue weighted by Crippen LogP contribution is -2.52. The highest BCUT2D eigenvalue weighted by Gasteiger charge is 2.36. The zero-order valence-corrected chi connectivity index (χ0v) is 17.9. The molecule has 0 aliphatic carbocycles. The maximum Gasteiger partial charge on any atom is 0.224 e. The van der Waals surface area contributed by atoms with Crippen LogP contribution in [0.25, 0.3) is 0 Å². The van der Waals surface area contributed by atoms with Crippen LogP contribution in [0.2, 0.25) is 10.0 Å². The Labute approximate surface area is 178 Å². The van der Waals surface area contributed by atoms with E-state index in [1.165, 1.54) is 19.4 Å². The molecule has 0 saturated carbocycles. The Hall–Kier alpha value is -1.96. The minimum absolute atomic E-state index is 0.0235. The second kappa shape index (κ2) is 9.24. The second-order valence-electron chi connectivity index (χ2n) is 6.73. The average molecular weight is 443 g/mol. The van der Waals surface area contributed by atoms with Crippen molar-refractivity contribution in [1.29, 1.82) is 0 Å². The summed E-state index contributed by atoms with van der Waals surface area (Å²) in [5, 5.41) is 0.303. The van der Waals surface area contributed by atoms with Crippen LogP contribution in [-0.2, 0) is 11.3 Å². The fourth-order valence-corrected chi connectivity index (χ4v) is 4.06. The zero-order chi connectivity index (χ0) is 21.1. The van der Waals surface area contributed by atoms with E-state index in [0.29, 0.717) is 24.4 Å². The third kappa shape index (κ3) is 4.32. The van der Waals surface area contributed by atoms with E-state index in [1.807, 2.05) is 24.8 Å². The highest BCUT2D eigenvalue weighted by atomic mass is 35.5. The first-order valence-corrected chi connectivity index (χ1v) is 10.1. The molecule has 156 valence electrons. The van der Waals surface area contributed by atoms with Crippen molar-refractivity contribution in [3.05, 3.63) is 57.3 Å². The molecule has 1 aliphatic heterocycles. The predicted octanol–water partition coefficient (Wildman–Crippen LogP) is 5.59. The number of aliphatic imine (C=N–C) groups is 1. The molecule has 1 aromatic carbocycles. The predicted molar refractivity (Wildman–Crippen MR) is 111 cm³/mol. The van der Waals surface area contributed by atoms with Crippen molar-refractivity contribution >= 4 is 34.8 Å². The molecular weight excluding hydrogens is 421 g/mol. The normalized spacial score (nSPS) is 19.3. The number of hydroxylamine groups is 1. The molecule has 1 aromatic heterocycles. The summed E-state index contributed by atoms with van der Waals surface area (Å²) in [4.78, 5) is 15.4. The van der Waals surface area contributed by atoms with Gasteiger partial charge in [-0.05, 0) is 43.0 Å². The summed E-state index contributed by atoms with van der Waals surface area (Å²) in [6.45, 7) is 4.01. The van der Waals surface area contributed by atoms with Gasteiger partial charge in [0, 0.05) is 17.8 Å². The molecule has 2 heterocycles. The maximum absolute atomic E-state index is 14.5. The van der Waals surface area contributed by atoms with Crippen molar-refractivity contribution in [2.75, 3.05) is 7.11 Å². The van der Waals surface area contributed by atoms with Crippen LogP contribution in [0, 0.1) is 11.8 Å². The van der Waals surface area contributed by atoms with E-state index in [2.05, 4.69) is 15.5 Å². The first kappa shape index (κ1) is 21.7. The Morgan fingerprint density at radius 2 is 2.00 bits per heavy atom. The molecule has 1 N–H and O–H groups in total. The number of aromatic nitrogens is 1. The molecule has 0 spiro atoms. The van der Waals surface area contributed by atoms with Gasteiger partial charge in [0.05, 0.1) is 23.2 Å². The molecular formula is C20H22Cl2F2N4O. The molecule has 0 saturated heterocycles. The van der Waals surface area contributed by atoms with E-state index in [-0.39, 0.29) is 27.8 Å². The molecule has 0 bridgehead atoms. The number of hydrogen-bond donors (Lipinski definition) is 1. The van der Waals surface area contributed by atoms with Crippen LogP contribution in [0.15, 0.2) is 29.4 Å². The third-order valence-electron chi connectivity index (χ3n) is 5.08. The molecule has 1 aliphatic rings. The number of rotatable bonds is 4. The Morgan fingerprint density at radius 1 is 1.28 bits per heavy atom. The first-order valence-electron chi connectivity index (χ1n) is 9.35. The number of pyridine rings is 1. The van der Waals surface area contributed by atoms with E-state index >= 15 is 0 Å². The van der Waals surface area contributed by atoms with Crippen molar-refractivity contribution < 1.29 is 13.6 Å². The number of benzene rings is 1. The molecule has 0 radical (unpaired) electrons. The minimum atomic E-state index is -0.608. The highest BCUT2D eigenvalue weighted by molar-refractivity contribution is 6.42. The molecule has 0 fully saturated rings. The van der Waals surface area contributed by atoms with E-state index in [9.17, 15) is 8.78 Å². The topological polar surface area (TPSA) is 49.8 Å². The number of guanidine groups is 1. The minimum Gasteiger partial charge on any atom is -0.331 e. The SMILES string of the molecule is CCC1Cc2c(ccnc2F)C(CC)N1C(=Nc1cc(Cl)c(Cl)cc1F)NOC. The Kier molecular flexibility index (Phi) is 6.93. The van der Waals surface area contributed by atoms with Crippen molar-refractivity contribution in [1.82, 2.24) is 15.4 Å². The van der Waals surface area contributed by atoms with Gasteiger partial charge in [-0.15, -0.1) is 0 Å². The number of halogens is 4. The number of nitrogens with zero attached hydrogens (tertiary/aromatic N) is 3. The zero-order valence-electron chi connectivity index (χ0n) is 16.3. The van der Waals surface area contributed by atoms with Gasteiger partial charge in [0.25, 0.3) is 0 Å². The van der Waals surface area contributed by atoms with E-state index < -0.39 is 11.8 Å². The van der Waals surface area contributed by atoms with Crippen molar-refractivity contribution in [2.45, 2.75) is 45.2 Å². The lowest BCUT2D eigenvalue weighted by Gasteiger charge is -2.44. The summed E-state index contributed by atoms with van der Waals surface area (Å²) >= 11 is 11.9. The van der Waals surface area contributed by atoms with Crippen LogP contribution in [0.4, 0.5) is 14.5 Å². The average Bonchev–Trinajstić information content (AvgIpc) is 2.70. The quantitative estimate of drug-likeness (QED) is 0.220. The lowest BCUT2D eigenvalue weighted by molar-refractivity contribution is 0.108. The molecule has 2 aromatic rings. The van der Waals surface area contributed by atoms with Gasteiger partial charge in [0.15, 0.2) is 5.82 Å². The lowest BCUT2D eigenvalue weighted by atomic mass is 9.87. The van der Waals surface area contributed by atoms with Crippen LogP contribution >= 0.6 is 23.2 Å². The molecule has 2 atom stereocenters. The van der Waals surface area contributed by atoms with Gasteiger partial charge >= 0.3 is 0 Å². The van der Waals surface area contributed by atoms with Gasteiger partial charge < -0.3 is 4.90 Å². The molecule has 3 rings (SSSR count). The van der Waals surface area contributed by atoms with Crippen LogP contribution in [0.3, 0.4) is 0 Å². The summed E-state index contributed by atoms with van der Waals surface area (Å²) in [5.41, 5.74) is 4.23. The summed E-state index contributed by atoms with van der Waals surface area (Å²) in [6, 6.07) is 4.02. The molecule has 0 amide bonds. The monoisotopic (exact) mass is 442 g/mol. The number of hydrogen-bond acceptors (Lipinski definition) is 3. The number of fused-ring (bicyclic) bond motifs is 1. The Bertz CT molecular complexity index is 926. The fourth-order valence-electron chi connectivity index (χ4n) is 3.75. The van der Waals surface area contributed by atoms with Gasteiger partial charge in [0.1, 0.15) is 5.69 Å². The van der Waals surface area contributed by atoms with Crippen LogP contribution < -0.4 is 5.48 Å². The van der Waals surface area contributed by atoms with E-state index in [0.717, 1.165) is 18.1 Å². The highest BCUT2D eigenvalue weighted by Crippen LogP contribution is 2.38. The second-order valence-corrected chi connectivity index (χ2v) is 7.54. The van der Waals surface area contributed by atoms with Gasteiger partial charge in [-0.2, -0.15) is 4.39 Å². The van der Waals surface area contributed by atoms with Crippen molar-refractivity contribution in [3.63, 3.8) is 0 Å². The van der Waals surface area contributed by atoms with Crippen LogP contribution in [-0.4, -0.2) is 29.0 Å². The molecule has 5 nitrogen and oxygen atoms in total. The van der Waals surface area contributed by atoms with Crippen molar-refractivity contribution in [3.8, 4) is 0 Å². The summed E-state index contributed by atoms with van der Waals surface area (Å²) in [7, 11) is 1.45. The van der Waals surface area contributed by atoms with Gasteiger partial charge in [-0.25, -0.2) is 19.8 Å². The van der Waals surface area contributed by atoms with Gasteiger partial charge in [-0.3, -0.25) is 4.84 Å². The van der Waals surface area contributed by atoms with E-state index in [4.69, 9.17) is 28.0 Å². The Balaban J connectivity index is 2.13. The fraction of sp³-hybridized carbons (Fsp3) is 0.400. The third-order valence-corrected chi connectivity index (χ3v) is 5.80. The first-order chi connectivity index (χ1) is 13.9. The van der Waals surface area contributed by atoms with E-state index in [1.54, 1.807) is 0 Å². The maximum atomic E-state index is 14.5. The van der Waals surface area contributed by atoms with Crippen molar-refractivity contribution in [2.24, 2.45) is 4.99 Å².